The van der Waals surface area contributed by atoms with E-state index >= 15 is 0 Å². The van der Waals surface area contributed by atoms with E-state index in [1.807, 2.05) is 43.3 Å². The first kappa shape index (κ1) is 14.8. The standard InChI is InChI=1S/C16H17N5O2/c1-2-17-13-9-6-10-14-18-16(20-21(13)14)19-15(22)11-23-12-7-4-3-5-8-12/h3-10,17H,2,11H2,1H3,(H,19,20,22). The van der Waals surface area contributed by atoms with Crippen molar-refractivity contribution < 1.29 is 9.53 Å². The molecule has 0 aliphatic heterocycles. The first-order valence-corrected chi connectivity index (χ1v) is 7.33. The van der Waals surface area contributed by atoms with E-state index in [0.717, 1.165) is 12.4 Å². The fourth-order valence-corrected chi connectivity index (χ4v) is 2.10. The third-order valence-corrected chi connectivity index (χ3v) is 3.08. The highest BCUT2D eigenvalue weighted by Crippen LogP contribution is 2.13. The number of amides is 1. The number of hydrogen-bond donors (Lipinski definition) is 2. The molecule has 0 unspecified atom stereocenters. The van der Waals surface area contributed by atoms with Crippen molar-refractivity contribution in [2.24, 2.45) is 0 Å². The maximum atomic E-state index is 11.9. The van der Waals surface area contributed by atoms with Crippen LogP contribution in [-0.4, -0.2) is 33.7 Å². The molecule has 0 saturated carbocycles. The lowest BCUT2D eigenvalue weighted by Crippen LogP contribution is -2.20. The van der Waals surface area contributed by atoms with Gasteiger partial charge in [0.15, 0.2) is 12.3 Å². The quantitative estimate of drug-likeness (QED) is 0.729. The van der Waals surface area contributed by atoms with Crippen molar-refractivity contribution in [1.29, 1.82) is 0 Å². The Hall–Kier alpha value is -3.09. The van der Waals surface area contributed by atoms with Gasteiger partial charge in [-0.25, -0.2) is 0 Å². The summed E-state index contributed by atoms with van der Waals surface area (Å²) in [5.41, 5.74) is 0.655. The fraction of sp³-hybridized carbons (Fsp3) is 0.188. The van der Waals surface area contributed by atoms with Crippen LogP contribution >= 0.6 is 0 Å². The van der Waals surface area contributed by atoms with E-state index in [1.165, 1.54) is 0 Å². The van der Waals surface area contributed by atoms with Crippen molar-refractivity contribution in [3.8, 4) is 5.75 Å². The van der Waals surface area contributed by atoms with E-state index in [-0.39, 0.29) is 18.5 Å². The Morgan fingerprint density at radius 2 is 2.00 bits per heavy atom. The Bertz CT molecular complexity index is 801. The van der Waals surface area contributed by atoms with Crippen LogP contribution in [0.3, 0.4) is 0 Å². The number of carbonyl (C=O) groups excluding carboxylic acids is 1. The van der Waals surface area contributed by atoms with Gasteiger partial charge in [0, 0.05) is 6.54 Å². The minimum Gasteiger partial charge on any atom is -0.484 e. The molecule has 118 valence electrons. The Morgan fingerprint density at radius 1 is 1.17 bits per heavy atom. The lowest BCUT2D eigenvalue weighted by molar-refractivity contribution is -0.118. The molecule has 2 N–H and O–H groups in total. The maximum Gasteiger partial charge on any atom is 0.264 e. The van der Waals surface area contributed by atoms with Gasteiger partial charge in [-0.3, -0.25) is 10.1 Å². The van der Waals surface area contributed by atoms with E-state index in [2.05, 4.69) is 20.7 Å². The van der Waals surface area contributed by atoms with Crippen molar-refractivity contribution in [3.63, 3.8) is 0 Å². The Balaban J connectivity index is 1.66. The van der Waals surface area contributed by atoms with Gasteiger partial charge in [-0.2, -0.15) is 9.50 Å². The molecule has 0 bridgehead atoms. The highest BCUT2D eigenvalue weighted by atomic mass is 16.5. The van der Waals surface area contributed by atoms with E-state index in [0.29, 0.717) is 11.4 Å². The predicted molar refractivity (Wildman–Crippen MR) is 87.7 cm³/mol. The summed E-state index contributed by atoms with van der Waals surface area (Å²) in [6, 6.07) is 14.8. The summed E-state index contributed by atoms with van der Waals surface area (Å²) in [5.74, 6) is 1.39. The molecule has 3 rings (SSSR count). The molecule has 7 nitrogen and oxygen atoms in total. The number of carbonyl (C=O) groups is 1. The first-order chi connectivity index (χ1) is 11.3. The minimum atomic E-state index is -0.310. The number of nitrogens with zero attached hydrogens (tertiary/aromatic N) is 3. The lowest BCUT2D eigenvalue weighted by Gasteiger charge is -2.05. The minimum absolute atomic E-state index is 0.0976. The van der Waals surface area contributed by atoms with Crippen molar-refractivity contribution >= 4 is 23.3 Å². The van der Waals surface area contributed by atoms with E-state index < -0.39 is 0 Å². The second-order valence-corrected chi connectivity index (χ2v) is 4.80. The summed E-state index contributed by atoms with van der Waals surface area (Å²) >= 11 is 0. The molecule has 0 aliphatic rings. The van der Waals surface area contributed by atoms with Crippen molar-refractivity contribution in [2.45, 2.75) is 6.92 Å². The zero-order valence-corrected chi connectivity index (χ0v) is 12.7. The van der Waals surface area contributed by atoms with Crippen LogP contribution in [0.15, 0.2) is 48.5 Å². The number of para-hydroxylation sites is 1. The van der Waals surface area contributed by atoms with Gasteiger partial charge in [-0.15, -0.1) is 5.10 Å². The average Bonchev–Trinajstić information content (AvgIpc) is 2.97. The van der Waals surface area contributed by atoms with Crippen LogP contribution in [0.5, 0.6) is 5.75 Å². The van der Waals surface area contributed by atoms with Gasteiger partial charge in [0.25, 0.3) is 5.91 Å². The van der Waals surface area contributed by atoms with Gasteiger partial charge in [0.1, 0.15) is 11.6 Å². The molecule has 3 aromatic rings. The summed E-state index contributed by atoms with van der Waals surface area (Å²) in [7, 11) is 0. The van der Waals surface area contributed by atoms with Crippen LogP contribution in [0, 0.1) is 0 Å². The zero-order valence-electron chi connectivity index (χ0n) is 12.7. The van der Waals surface area contributed by atoms with Crippen LogP contribution in [0.25, 0.3) is 5.65 Å². The molecule has 2 aromatic heterocycles. The average molecular weight is 311 g/mol. The zero-order chi connectivity index (χ0) is 16.1. The van der Waals surface area contributed by atoms with Gasteiger partial charge in [-0.05, 0) is 31.2 Å². The molecule has 0 aliphatic carbocycles. The molecule has 23 heavy (non-hydrogen) atoms. The Labute approximate surface area is 133 Å². The second-order valence-electron chi connectivity index (χ2n) is 4.80. The molecule has 0 saturated heterocycles. The molecule has 0 spiro atoms. The summed E-state index contributed by atoms with van der Waals surface area (Å²) in [5, 5.41) is 10.1. The third-order valence-electron chi connectivity index (χ3n) is 3.08. The fourth-order valence-electron chi connectivity index (χ4n) is 2.10. The molecule has 1 amide bonds. The van der Waals surface area contributed by atoms with Gasteiger partial charge < -0.3 is 10.1 Å². The number of hydrogen-bond acceptors (Lipinski definition) is 5. The van der Waals surface area contributed by atoms with E-state index in [1.54, 1.807) is 16.6 Å². The Kier molecular flexibility index (Phi) is 4.37. The number of pyridine rings is 1. The highest BCUT2D eigenvalue weighted by molar-refractivity contribution is 5.90. The molecule has 2 heterocycles. The Morgan fingerprint density at radius 3 is 2.78 bits per heavy atom. The topological polar surface area (TPSA) is 80.5 Å². The van der Waals surface area contributed by atoms with Crippen molar-refractivity contribution in [1.82, 2.24) is 14.6 Å². The van der Waals surface area contributed by atoms with Gasteiger partial charge >= 0.3 is 0 Å². The summed E-state index contributed by atoms with van der Waals surface area (Å²) < 4.78 is 7.04. The van der Waals surface area contributed by atoms with Gasteiger partial charge in [0.05, 0.1) is 0 Å². The van der Waals surface area contributed by atoms with Crippen molar-refractivity contribution in [3.05, 3.63) is 48.5 Å². The summed E-state index contributed by atoms with van der Waals surface area (Å²) in [6.07, 6.45) is 0. The smallest absolute Gasteiger partial charge is 0.264 e. The van der Waals surface area contributed by atoms with Crippen LogP contribution < -0.4 is 15.4 Å². The molecular formula is C16H17N5O2. The monoisotopic (exact) mass is 311 g/mol. The largest absolute Gasteiger partial charge is 0.484 e. The summed E-state index contributed by atoms with van der Waals surface area (Å²) in [4.78, 5) is 16.2. The van der Waals surface area contributed by atoms with Gasteiger partial charge in [-0.1, -0.05) is 24.3 Å². The van der Waals surface area contributed by atoms with Crippen LogP contribution in [0.1, 0.15) is 6.92 Å². The van der Waals surface area contributed by atoms with E-state index in [4.69, 9.17) is 4.74 Å². The number of benzene rings is 1. The maximum absolute atomic E-state index is 11.9. The van der Waals surface area contributed by atoms with Gasteiger partial charge in [0.2, 0.25) is 5.95 Å². The lowest BCUT2D eigenvalue weighted by atomic mass is 10.3. The van der Waals surface area contributed by atoms with Crippen molar-refractivity contribution in [2.75, 3.05) is 23.8 Å². The number of nitrogens with one attached hydrogen (secondary N) is 2. The van der Waals surface area contributed by atoms with Crippen LogP contribution in [0.4, 0.5) is 11.8 Å². The number of anilines is 2. The molecule has 0 fully saturated rings. The highest BCUT2D eigenvalue weighted by Gasteiger charge is 2.10. The molecule has 0 radical (unpaired) electrons. The number of ether oxygens (including phenoxy) is 1. The SMILES string of the molecule is CCNc1cccc2nc(NC(=O)COc3ccccc3)nn12. The third kappa shape index (κ3) is 3.57. The van der Waals surface area contributed by atoms with E-state index in [9.17, 15) is 4.79 Å². The molecule has 7 heteroatoms. The summed E-state index contributed by atoms with van der Waals surface area (Å²) in [6.45, 7) is 2.67. The van der Waals surface area contributed by atoms with Crippen LogP contribution in [0.2, 0.25) is 0 Å². The normalized spacial score (nSPS) is 10.5. The predicted octanol–water partition coefficient (Wildman–Crippen LogP) is 2.18. The number of rotatable bonds is 6. The second kappa shape index (κ2) is 6.78. The first-order valence-electron chi connectivity index (χ1n) is 7.33. The number of aromatic nitrogens is 3. The molecular weight excluding hydrogens is 294 g/mol. The molecule has 0 atom stereocenters. The van der Waals surface area contributed by atoms with Crippen LogP contribution in [-0.2, 0) is 4.79 Å². The number of fused-ring (bicyclic) bond motifs is 1. The molecule has 1 aromatic carbocycles.